The number of piperazine rings is 1. The average Bonchev–Trinajstić information content (AvgIpc) is 2.42. The Hall–Kier alpha value is -0.750. The normalized spacial score (nSPS) is 16.7. The zero-order valence-corrected chi connectivity index (χ0v) is 12.0. The largest absolute Gasteiger partial charge is 0.469 e. The predicted octanol–water partition coefficient (Wildman–Crippen LogP) is 0.447. The number of carbonyl (C=O) groups is 2. The maximum Gasteiger partial charge on any atom is 0.306 e. The van der Waals surface area contributed by atoms with Gasteiger partial charge in [0.15, 0.2) is 0 Å². The Labute approximate surface area is 113 Å². The number of methoxy groups -OCH3 is 1. The second-order valence-electron chi connectivity index (χ2n) is 4.29. The lowest BCUT2D eigenvalue weighted by Gasteiger charge is -2.34. The van der Waals surface area contributed by atoms with Crippen LogP contribution in [0.5, 0.6) is 0 Å². The highest BCUT2D eigenvalue weighted by Gasteiger charge is 2.20. The minimum absolute atomic E-state index is 0.173. The van der Waals surface area contributed by atoms with Crippen LogP contribution in [0, 0.1) is 0 Å². The second kappa shape index (κ2) is 8.37. The first-order chi connectivity index (χ1) is 8.67. The van der Waals surface area contributed by atoms with E-state index >= 15 is 0 Å². The molecular formula is C12H22N2O3S. The van der Waals surface area contributed by atoms with Crippen molar-refractivity contribution < 1.29 is 14.3 Å². The number of hydrogen-bond acceptors (Lipinski definition) is 5. The first-order valence-electron chi connectivity index (χ1n) is 6.23. The lowest BCUT2D eigenvalue weighted by Crippen LogP contribution is -2.49. The predicted molar refractivity (Wildman–Crippen MR) is 72.7 cm³/mol. The van der Waals surface area contributed by atoms with Crippen LogP contribution in [0.25, 0.3) is 0 Å². The number of nitrogens with zero attached hydrogens (tertiary/aromatic N) is 2. The van der Waals surface area contributed by atoms with Gasteiger partial charge in [0.2, 0.25) is 5.91 Å². The summed E-state index contributed by atoms with van der Waals surface area (Å²) in [7, 11) is 1.41. The molecule has 0 spiro atoms. The SMILES string of the molecule is COC(=O)CCN1CCN(C(=O)CCSC)CC1. The fraction of sp³-hybridized carbons (Fsp3) is 0.833. The summed E-state index contributed by atoms with van der Waals surface area (Å²) in [4.78, 5) is 27.0. The van der Waals surface area contributed by atoms with Crippen molar-refractivity contribution in [2.24, 2.45) is 0 Å². The maximum absolute atomic E-state index is 11.8. The van der Waals surface area contributed by atoms with Gasteiger partial charge in [-0.1, -0.05) is 0 Å². The molecule has 0 aliphatic carbocycles. The minimum atomic E-state index is -0.173. The first kappa shape index (κ1) is 15.3. The lowest BCUT2D eigenvalue weighted by molar-refractivity contribution is -0.141. The Kier molecular flexibility index (Phi) is 7.12. The molecule has 0 aromatic heterocycles. The van der Waals surface area contributed by atoms with Crippen molar-refractivity contribution in [2.75, 3.05) is 51.8 Å². The summed E-state index contributed by atoms with van der Waals surface area (Å²) >= 11 is 1.70. The van der Waals surface area contributed by atoms with Gasteiger partial charge in [0.25, 0.3) is 0 Å². The number of ether oxygens (including phenoxy) is 1. The zero-order chi connectivity index (χ0) is 13.4. The van der Waals surface area contributed by atoms with E-state index in [0.29, 0.717) is 12.8 Å². The molecule has 18 heavy (non-hydrogen) atoms. The molecule has 0 atom stereocenters. The molecule has 104 valence electrons. The van der Waals surface area contributed by atoms with Crippen LogP contribution >= 0.6 is 11.8 Å². The van der Waals surface area contributed by atoms with Gasteiger partial charge in [0.1, 0.15) is 0 Å². The van der Waals surface area contributed by atoms with Crippen molar-refractivity contribution in [2.45, 2.75) is 12.8 Å². The van der Waals surface area contributed by atoms with Crippen molar-refractivity contribution in [3.05, 3.63) is 0 Å². The number of rotatable bonds is 6. The fourth-order valence-electron chi connectivity index (χ4n) is 1.92. The molecule has 0 saturated carbocycles. The van der Waals surface area contributed by atoms with Gasteiger partial charge < -0.3 is 9.64 Å². The minimum Gasteiger partial charge on any atom is -0.469 e. The van der Waals surface area contributed by atoms with E-state index in [9.17, 15) is 9.59 Å². The summed E-state index contributed by atoms with van der Waals surface area (Å²) in [6.07, 6.45) is 3.07. The standard InChI is InChI=1S/C12H22N2O3S/c1-17-12(16)3-5-13-6-8-14(9-7-13)11(15)4-10-18-2/h3-10H2,1-2H3. The van der Waals surface area contributed by atoms with E-state index in [-0.39, 0.29) is 11.9 Å². The Morgan fingerprint density at radius 1 is 1.17 bits per heavy atom. The topological polar surface area (TPSA) is 49.9 Å². The van der Waals surface area contributed by atoms with Gasteiger partial charge in [-0.05, 0) is 6.26 Å². The van der Waals surface area contributed by atoms with Crippen LogP contribution in [-0.2, 0) is 14.3 Å². The summed E-state index contributed by atoms with van der Waals surface area (Å²) in [6, 6.07) is 0. The van der Waals surface area contributed by atoms with Crippen LogP contribution in [0.1, 0.15) is 12.8 Å². The monoisotopic (exact) mass is 274 g/mol. The number of thioether (sulfide) groups is 1. The van der Waals surface area contributed by atoms with Crippen LogP contribution in [0.4, 0.5) is 0 Å². The smallest absolute Gasteiger partial charge is 0.306 e. The van der Waals surface area contributed by atoms with E-state index < -0.39 is 0 Å². The molecule has 6 heteroatoms. The molecule has 1 heterocycles. The fourth-order valence-corrected chi connectivity index (χ4v) is 2.30. The van der Waals surface area contributed by atoms with Crippen LogP contribution in [0.2, 0.25) is 0 Å². The molecule has 1 aliphatic heterocycles. The summed E-state index contributed by atoms with van der Waals surface area (Å²) < 4.78 is 4.61. The Morgan fingerprint density at radius 2 is 1.83 bits per heavy atom. The Bertz CT molecular complexity index is 278. The van der Waals surface area contributed by atoms with Crippen molar-refractivity contribution >= 4 is 23.6 Å². The van der Waals surface area contributed by atoms with Gasteiger partial charge in [-0.2, -0.15) is 11.8 Å². The van der Waals surface area contributed by atoms with E-state index in [1.165, 1.54) is 7.11 Å². The molecule has 0 unspecified atom stereocenters. The molecule has 0 bridgehead atoms. The molecule has 0 radical (unpaired) electrons. The first-order valence-corrected chi connectivity index (χ1v) is 7.62. The molecule has 0 N–H and O–H groups in total. The molecule has 0 aromatic rings. The van der Waals surface area contributed by atoms with E-state index in [0.717, 1.165) is 38.5 Å². The molecule has 1 fully saturated rings. The van der Waals surface area contributed by atoms with Crippen molar-refractivity contribution in [1.82, 2.24) is 9.80 Å². The van der Waals surface area contributed by atoms with Crippen LogP contribution < -0.4 is 0 Å². The number of hydrogen-bond donors (Lipinski definition) is 0. The zero-order valence-electron chi connectivity index (χ0n) is 11.2. The number of esters is 1. The van der Waals surface area contributed by atoms with Gasteiger partial charge in [-0.15, -0.1) is 0 Å². The van der Waals surface area contributed by atoms with Crippen LogP contribution in [-0.4, -0.2) is 73.5 Å². The summed E-state index contributed by atoms with van der Waals surface area (Å²) in [5, 5.41) is 0. The van der Waals surface area contributed by atoms with Gasteiger partial charge in [-0.25, -0.2) is 0 Å². The molecule has 1 aliphatic rings. The quantitative estimate of drug-likeness (QED) is 0.658. The van der Waals surface area contributed by atoms with Crippen molar-refractivity contribution in [3.8, 4) is 0 Å². The Morgan fingerprint density at radius 3 is 2.39 bits per heavy atom. The summed E-state index contributed by atoms with van der Waals surface area (Å²) in [5.41, 5.74) is 0. The molecule has 1 rings (SSSR count). The summed E-state index contributed by atoms with van der Waals surface area (Å²) in [6.45, 7) is 3.96. The maximum atomic E-state index is 11.8. The lowest BCUT2D eigenvalue weighted by atomic mass is 10.2. The van der Waals surface area contributed by atoms with Crippen LogP contribution in [0.15, 0.2) is 0 Å². The number of amides is 1. The third kappa shape index (κ3) is 5.27. The Balaban J connectivity index is 2.20. The molecular weight excluding hydrogens is 252 g/mol. The van der Waals surface area contributed by atoms with Gasteiger partial charge >= 0.3 is 5.97 Å². The summed E-state index contributed by atoms with van der Waals surface area (Å²) in [5.74, 6) is 0.965. The van der Waals surface area contributed by atoms with Gasteiger partial charge in [-0.3, -0.25) is 14.5 Å². The number of carbonyl (C=O) groups excluding carboxylic acids is 2. The average molecular weight is 274 g/mol. The van der Waals surface area contributed by atoms with E-state index in [2.05, 4.69) is 9.64 Å². The van der Waals surface area contributed by atoms with Crippen LogP contribution in [0.3, 0.4) is 0 Å². The van der Waals surface area contributed by atoms with Gasteiger partial charge in [0, 0.05) is 44.9 Å². The van der Waals surface area contributed by atoms with E-state index in [4.69, 9.17) is 0 Å². The second-order valence-corrected chi connectivity index (χ2v) is 5.28. The van der Waals surface area contributed by atoms with E-state index in [1.807, 2.05) is 11.2 Å². The molecule has 0 aromatic carbocycles. The molecule has 1 saturated heterocycles. The highest BCUT2D eigenvalue weighted by atomic mass is 32.2. The van der Waals surface area contributed by atoms with Gasteiger partial charge in [0.05, 0.1) is 13.5 Å². The molecule has 5 nitrogen and oxygen atoms in total. The molecule has 1 amide bonds. The van der Waals surface area contributed by atoms with E-state index in [1.54, 1.807) is 11.8 Å². The highest BCUT2D eigenvalue weighted by Crippen LogP contribution is 2.06. The third-order valence-electron chi connectivity index (χ3n) is 3.10. The highest BCUT2D eigenvalue weighted by molar-refractivity contribution is 7.98. The van der Waals surface area contributed by atoms with Crippen molar-refractivity contribution in [3.63, 3.8) is 0 Å². The third-order valence-corrected chi connectivity index (χ3v) is 3.72. The van der Waals surface area contributed by atoms with Crippen molar-refractivity contribution in [1.29, 1.82) is 0 Å².